The highest BCUT2D eigenvalue weighted by molar-refractivity contribution is 7.90. The van der Waals surface area contributed by atoms with E-state index in [0.717, 1.165) is 48.1 Å². The number of thiazole rings is 1. The van der Waals surface area contributed by atoms with Gasteiger partial charge in [0, 0.05) is 24.9 Å². The summed E-state index contributed by atoms with van der Waals surface area (Å²) in [6.07, 6.45) is 2.04. The number of nitrogens with zero attached hydrogens (tertiary/aromatic N) is 3. The number of likely N-dealkylation sites (N-methyl/N-ethyl adjacent to an activating group) is 1. The number of benzene rings is 2. The topological polar surface area (TPSA) is 70.6 Å². The summed E-state index contributed by atoms with van der Waals surface area (Å²) in [4.78, 5) is 22.5. The zero-order valence-corrected chi connectivity index (χ0v) is 21.3. The summed E-state index contributed by atoms with van der Waals surface area (Å²) in [6.45, 7) is 9.35. The Hall–Kier alpha value is -2.00. The lowest BCUT2D eigenvalue weighted by Gasteiger charge is -2.24. The molecule has 0 aliphatic carbocycles. The molecule has 0 fully saturated rings. The molecule has 0 bridgehead atoms. The van der Waals surface area contributed by atoms with Crippen LogP contribution in [0, 0.1) is 0 Å². The molecule has 0 saturated carbocycles. The number of anilines is 1. The molecule has 1 heterocycles. The van der Waals surface area contributed by atoms with Gasteiger partial charge in [0.15, 0.2) is 15.0 Å². The molecule has 0 aliphatic rings. The van der Waals surface area contributed by atoms with Crippen LogP contribution >= 0.6 is 23.7 Å². The van der Waals surface area contributed by atoms with Gasteiger partial charge in [-0.25, -0.2) is 13.4 Å². The number of fused-ring (bicyclic) bond motifs is 1. The summed E-state index contributed by atoms with van der Waals surface area (Å²) in [5.41, 5.74) is 2.55. The molecule has 32 heavy (non-hydrogen) atoms. The van der Waals surface area contributed by atoms with Crippen molar-refractivity contribution >= 4 is 54.8 Å². The van der Waals surface area contributed by atoms with Crippen LogP contribution in [0.25, 0.3) is 10.2 Å². The molecule has 174 valence electrons. The average molecular weight is 496 g/mol. The zero-order chi connectivity index (χ0) is 22.6. The maximum atomic E-state index is 13.5. The molecule has 2 aromatic carbocycles. The first-order chi connectivity index (χ1) is 14.8. The second kappa shape index (κ2) is 11.2. The molecule has 9 heteroatoms. The summed E-state index contributed by atoms with van der Waals surface area (Å²) in [5.74, 6) is -0.177. The minimum absolute atomic E-state index is 0. The Labute approximate surface area is 200 Å². The van der Waals surface area contributed by atoms with Gasteiger partial charge in [-0.2, -0.15) is 0 Å². The third kappa shape index (κ3) is 5.86. The van der Waals surface area contributed by atoms with E-state index in [1.54, 1.807) is 17.0 Å². The van der Waals surface area contributed by atoms with Crippen molar-refractivity contribution in [2.75, 3.05) is 37.3 Å². The van der Waals surface area contributed by atoms with Gasteiger partial charge >= 0.3 is 0 Å². The molecule has 3 rings (SSSR count). The first-order valence-electron chi connectivity index (χ1n) is 10.5. The standard InChI is InChI=1S/C23H29N3O3S2.ClH/c1-5-17-9-8-10-20-21(17)24-23(30-20)26(16-15-25(6-2)7-3)22(27)18-11-13-19(14-12-18)31(4,28)29;/h8-14H,5-7,15-16H2,1-4H3;1H. The van der Waals surface area contributed by atoms with Crippen molar-refractivity contribution in [3.05, 3.63) is 53.6 Å². The minimum Gasteiger partial charge on any atom is -0.302 e. The van der Waals surface area contributed by atoms with Gasteiger partial charge in [-0.05, 0) is 55.4 Å². The van der Waals surface area contributed by atoms with Crippen molar-refractivity contribution < 1.29 is 13.2 Å². The van der Waals surface area contributed by atoms with E-state index >= 15 is 0 Å². The Morgan fingerprint density at radius 3 is 2.22 bits per heavy atom. The highest BCUT2D eigenvalue weighted by atomic mass is 35.5. The largest absolute Gasteiger partial charge is 0.302 e. The third-order valence-electron chi connectivity index (χ3n) is 5.41. The Morgan fingerprint density at radius 2 is 1.66 bits per heavy atom. The molecule has 0 atom stereocenters. The SMILES string of the molecule is CCc1cccc2sc(N(CCN(CC)CC)C(=O)c3ccc(S(C)(=O)=O)cc3)nc12.Cl. The fourth-order valence-corrected chi connectivity index (χ4v) is 5.13. The molecule has 0 N–H and O–H groups in total. The predicted octanol–water partition coefficient (Wildman–Crippen LogP) is 4.67. The van der Waals surface area contributed by atoms with Crippen LogP contribution in [0.4, 0.5) is 5.13 Å². The van der Waals surface area contributed by atoms with E-state index in [-0.39, 0.29) is 23.2 Å². The summed E-state index contributed by atoms with van der Waals surface area (Å²) in [7, 11) is -3.31. The number of hydrogen-bond donors (Lipinski definition) is 0. The monoisotopic (exact) mass is 495 g/mol. The van der Waals surface area contributed by atoms with E-state index in [1.165, 1.54) is 23.5 Å². The highest BCUT2D eigenvalue weighted by Crippen LogP contribution is 2.32. The lowest BCUT2D eigenvalue weighted by Crippen LogP contribution is -2.38. The Bertz CT molecular complexity index is 1160. The minimum atomic E-state index is -3.31. The fourth-order valence-electron chi connectivity index (χ4n) is 3.46. The molecule has 0 radical (unpaired) electrons. The number of aryl methyl sites for hydroxylation is 1. The van der Waals surface area contributed by atoms with Gasteiger partial charge in [-0.3, -0.25) is 9.69 Å². The summed E-state index contributed by atoms with van der Waals surface area (Å²) in [6, 6.07) is 12.2. The normalized spacial score (nSPS) is 11.5. The van der Waals surface area contributed by atoms with Gasteiger partial charge in [0.1, 0.15) is 0 Å². The number of sulfone groups is 1. The van der Waals surface area contributed by atoms with Crippen LogP contribution in [0.3, 0.4) is 0 Å². The van der Waals surface area contributed by atoms with Crippen LogP contribution in [0.2, 0.25) is 0 Å². The van der Waals surface area contributed by atoms with Crippen molar-refractivity contribution in [3.8, 4) is 0 Å². The predicted molar refractivity (Wildman–Crippen MR) is 135 cm³/mol. The number of carbonyl (C=O) groups excluding carboxylic acids is 1. The number of amides is 1. The van der Waals surface area contributed by atoms with Crippen molar-refractivity contribution in [1.29, 1.82) is 0 Å². The maximum Gasteiger partial charge on any atom is 0.260 e. The van der Waals surface area contributed by atoms with Gasteiger partial charge < -0.3 is 4.90 Å². The van der Waals surface area contributed by atoms with E-state index in [4.69, 9.17) is 4.98 Å². The molecular weight excluding hydrogens is 466 g/mol. The van der Waals surface area contributed by atoms with Gasteiger partial charge in [-0.15, -0.1) is 12.4 Å². The second-order valence-electron chi connectivity index (χ2n) is 7.39. The summed E-state index contributed by atoms with van der Waals surface area (Å²) in [5, 5.41) is 0.667. The van der Waals surface area contributed by atoms with Crippen LogP contribution in [0.1, 0.15) is 36.7 Å². The van der Waals surface area contributed by atoms with Crippen LogP contribution < -0.4 is 4.90 Å². The molecule has 1 amide bonds. The summed E-state index contributed by atoms with van der Waals surface area (Å²) < 4.78 is 24.6. The molecule has 3 aromatic rings. The molecule has 0 unspecified atom stereocenters. The number of rotatable bonds is 9. The molecule has 0 saturated heterocycles. The average Bonchev–Trinajstić information content (AvgIpc) is 3.20. The van der Waals surface area contributed by atoms with E-state index in [0.29, 0.717) is 17.2 Å². The van der Waals surface area contributed by atoms with E-state index in [2.05, 4.69) is 31.7 Å². The zero-order valence-electron chi connectivity index (χ0n) is 18.9. The van der Waals surface area contributed by atoms with E-state index < -0.39 is 9.84 Å². The smallest absolute Gasteiger partial charge is 0.260 e. The van der Waals surface area contributed by atoms with Crippen molar-refractivity contribution in [1.82, 2.24) is 9.88 Å². The Kier molecular flexibility index (Phi) is 9.21. The first kappa shape index (κ1) is 26.3. The molecule has 0 aliphatic heterocycles. The van der Waals surface area contributed by atoms with Crippen LogP contribution in [0.5, 0.6) is 0 Å². The number of hydrogen-bond acceptors (Lipinski definition) is 6. The fraction of sp³-hybridized carbons (Fsp3) is 0.391. The maximum absolute atomic E-state index is 13.5. The summed E-state index contributed by atoms with van der Waals surface area (Å²) >= 11 is 1.51. The van der Waals surface area contributed by atoms with Crippen LogP contribution in [-0.4, -0.2) is 56.6 Å². The Morgan fingerprint density at radius 1 is 1.00 bits per heavy atom. The molecular formula is C23H30ClN3O3S2. The van der Waals surface area contributed by atoms with Crippen molar-refractivity contribution in [2.24, 2.45) is 0 Å². The lowest BCUT2D eigenvalue weighted by atomic mass is 10.1. The Balaban J connectivity index is 0.00000363. The lowest BCUT2D eigenvalue weighted by molar-refractivity contribution is 0.0983. The number of para-hydroxylation sites is 1. The van der Waals surface area contributed by atoms with Crippen LogP contribution in [-0.2, 0) is 16.3 Å². The molecule has 1 aromatic heterocycles. The second-order valence-corrected chi connectivity index (χ2v) is 10.4. The highest BCUT2D eigenvalue weighted by Gasteiger charge is 2.23. The van der Waals surface area contributed by atoms with Gasteiger partial charge in [0.05, 0.1) is 15.1 Å². The quantitative estimate of drug-likeness (QED) is 0.431. The third-order valence-corrected chi connectivity index (χ3v) is 7.58. The molecule has 6 nitrogen and oxygen atoms in total. The van der Waals surface area contributed by atoms with Crippen molar-refractivity contribution in [3.63, 3.8) is 0 Å². The number of aromatic nitrogens is 1. The van der Waals surface area contributed by atoms with Gasteiger partial charge in [0.25, 0.3) is 5.91 Å². The number of carbonyl (C=O) groups is 1. The van der Waals surface area contributed by atoms with E-state index in [9.17, 15) is 13.2 Å². The molecule has 0 spiro atoms. The van der Waals surface area contributed by atoms with Crippen molar-refractivity contribution in [2.45, 2.75) is 32.1 Å². The van der Waals surface area contributed by atoms with E-state index in [1.807, 2.05) is 12.1 Å². The van der Waals surface area contributed by atoms with Gasteiger partial charge in [-0.1, -0.05) is 44.2 Å². The van der Waals surface area contributed by atoms with Gasteiger partial charge in [0.2, 0.25) is 0 Å². The number of halogens is 1. The first-order valence-corrected chi connectivity index (χ1v) is 13.2. The van der Waals surface area contributed by atoms with Crippen LogP contribution in [0.15, 0.2) is 47.4 Å².